The summed E-state index contributed by atoms with van der Waals surface area (Å²) in [7, 11) is -4.29. The number of aromatic amines is 1. The molecule has 0 bridgehead atoms. The maximum atomic E-state index is 13.8. The molecule has 2 aliphatic rings. The highest BCUT2D eigenvalue weighted by atomic mass is 32.2. The Morgan fingerprint density at radius 2 is 1.90 bits per heavy atom. The zero-order chi connectivity index (χ0) is 27.9. The summed E-state index contributed by atoms with van der Waals surface area (Å²) in [6.07, 6.45) is 2.13. The second-order valence-corrected chi connectivity index (χ2v) is 12.0. The molecule has 3 aromatic rings. The van der Waals surface area contributed by atoms with E-state index in [1.54, 1.807) is 13.8 Å². The van der Waals surface area contributed by atoms with Gasteiger partial charge in [-0.2, -0.15) is 9.40 Å². The molecule has 0 unspecified atom stereocenters. The minimum absolute atomic E-state index is 0.00192. The summed E-state index contributed by atoms with van der Waals surface area (Å²) in [5, 5.41) is 12.4. The molecule has 206 valence electrons. The standard InChI is InChI=1S/C25H26F2N6O5S/c1-25(2)13-33(39(36,37)16-10-14(26)9-15(27)11-16)12-18-20(25)31-32-22(18)30-23(34)17-5-3-7-28-21(17)29-24(35)19-6-4-8-38-19/h3,5,7,9-11,19H,4,6,8,12-13H2,1-2H3,(H,28,29,35)(H2,30,31,32,34)/t19-/m1/s1. The molecular weight excluding hydrogens is 534 g/mol. The predicted octanol–water partition coefficient (Wildman–Crippen LogP) is 2.93. The van der Waals surface area contributed by atoms with Crippen molar-refractivity contribution in [3.05, 3.63) is 65.0 Å². The number of nitrogens with one attached hydrogen (secondary N) is 3. The molecule has 0 saturated carbocycles. The number of halogens is 2. The molecule has 5 rings (SSSR count). The van der Waals surface area contributed by atoms with Gasteiger partial charge in [-0.05, 0) is 37.1 Å². The van der Waals surface area contributed by atoms with Crippen LogP contribution in [0.4, 0.5) is 20.4 Å². The minimum Gasteiger partial charge on any atom is -0.368 e. The van der Waals surface area contributed by atoms with E-state index in [4.69, 9.17) is 4.74 Å². The first-order valence-electron chi connectivity index (χ1n) is 12.2. The van der Waals surface area contributed by atoms with Crippen molar-refractivity contribution in [2.45, 2.75) is 49.6 Å². The molecule has 0 spiro atoms. The third-order valence-electron chi connectivity index (χ3n) is 6.67. The van der Waals surface area contributed by atoms with Crippen LogP contribution in [0.2, 0.25) is 0 Å². The van der Waals surface area contributed by atoms with Crippen LogP contribution in [-0.4, -0.2) is 59.0 Å². The van der Waals surface area contributed by atoms with Gasteiger partial charge in [0.25, 0.3) is 11.8 Å². The molecule has 0 radical (unpaired) electrons. The second-order valence-electron chi connectivity index (χ2n) is 10.0. The van der Waals surface area contributed by atoms with Crippen molar-refractivity contribution in [2.75, 3.05) is 23.8 Å². The average molecular weight is 561 g/mol. The maximum Gasteiger partial charge on any atom is 0.260 e. The van der Waals surface area contributed by atoms with E-state index in [9.17, 15) is 26.8 Å². The Balaban J connectivity index is 1.41. The van der Waals surface area contributed by atoms with E-state index in [0.29, 0.717) is 30.4 Å². The Labute approximate surface area is 223 Å². The quantitative estimate of drug-likeness (QED) is 0.420. The van der Waals surface area contributed by atoms with Crippen molar-refractivity contribution in [3.63, 3.8) is 0 Å². The SMILES string of the molecule is CC1(C)CN(S(=O)(=O)c2cc(F)cc(F)c2)Cc2c(NC(=O)c3cccnc3NC(=O)[C@H]3CCCO3)n[nH]c21. The summed E-state index contributed by atoms with van der Waals surface area (Å²) in [5.74, 6) is -2.95. The largest absolute Gasteiger partial charge is 0.368 e. The first-order valence-corrected chi connectivity index (χ1v) is 13.6. The zero-order valence-electron chi connectivity index (χ0n) is 21.1. The van der Waals surface area contributed by atoms with E-state index < -0.39 is 49.9 Å². The number of amides is 2. The molecule has 1 saturated heterocycles. The van der Waals surface area contributed by atoms with Gasteiger partial charge in [0, 0.05) is 48.6 Å². The number of ether oxygens (including phenoxy) is 1. The molecule has 1 fully saturated rings. The van der Waals surface area contributed by atoms with Crippen molar-refractivity contribution < 1.29 is 31.5 Å². The normalized spacial score (nSPS) is 18.9. The molecule has 0 aliphatic carbocycles. The summed E-state index contributed by atoms with van der Waals surface area (Å²) in [6, 6.07) is 5.12. The van der Waals surface area contributed by atoms with Crippen LogP contribution in [0.5, 0.6) is 0 Å². The summed E-state index contributed by atoms with van der Waals surface area (Å²) in [5.41, 5.74) is 0.286. The molecule has 14 heteroatoms. The first-order chi connectivity index (χ1) is 18.5. The fraction of sp³-hybridized carbons (Fsp3) is 0.360. The molecule has 4 heterocycles. The zero-order valence-corrected chi connectivity index (χ0v) is 21.9. The number of benzene rings is 1. The van der Waals surface area contributed by atoms with Crippen LogP contribution in [0.25, 0.3) is 0 Å². The van der Waals surface area contributed by atoms with Crippen molar-refractivity contribution in [1.82, 2.24) is 19.5 Å². The number of H-pyrrole nitrogens is 1. The lowest BCUT2D eigenvalue weighted by Crippen LogP contribution is -2.45. The number of aromatic nitrogens is 3. The Morgan fingerprint density at radius 3 is 2.59 bits per heavy atom. The van der Waals surface area contributed by atoms with Gasteiger partial charge in [-0.3, -0.25) is 14.7 Å². The van der Waals surface area contributed by atoms with Crippen molar-refractivity contribution in [1.29, 1.82) is 0 Å². The first kappa shape index (κ1) is 26.8. The van der Waals surface area contributed by atoms with Gasteiger partial charge in [0.05, 0.1) is 10.5 Å². The highest BCUT2D eigenvalue weighted by Crippen LogP contribution is 2.38. The number of rotatable bonds is 6. The Morgan fingerprint density at radius 1 is 1.15 bits per heavy atom. The van der Waals surface area contributed by atoms with Gasteiger partial charge >= 0.3 is 0 Å². The third-order valence-corrected chi connectivity index (χ3v) is 8.44. The Kier molecular flexibility index (Phi) is 6.95. The number of nitrogens with zero attached hydrogens (tertiary/aromatic N) is 3. The van der Waals surface area contributed by atoms with Crippen LogP contribution < -0.4 is 10.6 Å². The summed E-state index contributed by atoms with van der Waals surface area (Å²) < 4.78 is 60.8. The lowest BCUT2D eigenvalue weighted by atomic mass is 9.84. The van der Waals surface area contributed by atoms with Crippen LogP contribution >= 0.6 is 0 Å². The molecule has 2 aromatic heterocycles. The Bertz CT molecular complexity index is 1530. The summed E-state index contributed by atoms with van der Waals surface area (Å²) in [6.45, 7) is 3.83. The van der Waals surface area contributed by atoms with Gasteiger partial charge in [-0.15, -0.1) is 0 Å². The smallest absolute Gasteiger partial charge is 0.260 e. The topological polar surface area (TPSA) is 146 Å². The van der Waals surface area contributed by atoms with Gasteiger partial charge in [0.2, 0.25) is 10.0 Å². The average Bonchev–Trinajstić information content (AvgIpc) is 3.55. The van der Waals surface area contributed by atoms with Gasteiger partial charge < -0.3 is 15.4 Å². The highest BCUT2D eigenvalue weighted by molar-refractivity contribution is 7.89. The molecule has 1 aromatic carbocycles. The number of pyridine rings is 1. The summed E-state index contributed by atoms with van der Waals surface area (Å²) >= 11 is 0. The van der Waals surface area contributed by atoms with Crippen LogP contribution in [0, 0.1) is 11.6 Å². The monoisotopic (exact) mass is 560 g/mol. The fourth-order valence-corrected chi connectivity index (χ4v) is 6.39. The lowest BCUT2D eigenvalue weighted by molar-refractivity contribution is -0.124. The van der Waals surface area contributed by atoms with Crippen molar-refractivity contribution in [2.24, 2.45) is 0 Å². The summed E-state index contributed by atoms with van der Waals surface area (Å²) in [4.78, 5) is 29.4. The molecule has 2 amide bonds. The fourth-order valence-electron chi connectivity index (χ4n) is 4.78. The molecular formula is C25H26F2N6O5S. The number of sulfonamides is 1. The van der Waals surface area contributed by atoms with E-state index in [1.807, 2.05) is 0 Å². The number of carbonyl (C=O) groups excluding carboxylic acids is 2. The van der Waals surface area contributed by atoms with E-state index >= 15 is 0 Å². The Hall–Kier alpha value is -3.75. The number of carbonyl (C=O) groups is 2. The maximum absolute atomic E-state index is 13.8. The minimum atomic E-state index is -4.29. The van der Waals surface area contributed by atoms with Gasteiger partial charge in [0.1, 0.15) is 23.6 Å². The van der Waals surface area contributed by atoms with Crippen LogP contribution in [0.1, 0.15) is 48.3 Å². The highest BCUT2D eigenvalue weighted by Gasteiger charge is 2.41. The van der Waals surface area contributed by atoms with Crippen LogP contribution in [0.3, 0.4) is 0 Å². The number of hydrogen-bond donors (Lipinski definition) is 3. The molecule has 1 atom stereocenters. The van der Waals surface area contributed by atoms with E-state index in [-0.39, 0.29) is 30.3 Å². The number of hydrogen-bond acceptors (Lipinski definition) is 7. The second kappa shape index (κ2) is 10.1. The predicted molar refractivity (Wildman–Crippen MR) is 135 cm³/mol. The molecule has 11 nitrogen and oxygen atoms in total. The molecule has 39 heavy (non-hydrogen) atoms. The molecule has 2 aliphatic heterocycles. The van der Waals surface area contributed by atoms with Gasteiger partial charge in [0.15, 0.2) is 5.82 Å². The number of fused-ring (bicyclic) bond motifs is 1. The van der Waals surface area contributed by atoms with Crippen molar-refractivity contribution >= 4 is 33.5 Å². The van der Waals surface area contributed by atoms with Gasteiger partial charge in [-0.25, -0.2) is 22.2 Å². The van der Waals surface area contributed by atoms with E-state index in [2.05, 4.69) is 25.8 Å². The lowest BCUT2D eigenvalue weighted by Gasteiger charge is -2.36. The van der Waals surface area contributed by atoms with E-state index in [0.717, 1.165) is 22.9 Å². The van der Waals surface area contributed by atoms with E-state index in [1.165, 1.54) is 18.3 Å². The number of anilines is 2. The molecule has 3 N–H and O–H groups in total. The van der Waals surface area contributed by atoms with Gasteiger partial charge in [-0.1, -0.05) is 13.8 Å². The third kappa shape index (κ3) is 5.27. The van der Waals surface area contributed by atoms with Crippen LogP contribution in [-0.2, 0) is 31.5 Å². The van der Waals surface area contributed by atoms with Crippen LogP contribution in [0.15, 0.2) is 41.4 Å². The van der Waals surface area contributed by atoms with Crippen molar-refractivity contribution in [3.8, 4) is 0 Å².